The summed E-state index contributed by atoms with van der Waals surface area (Å²) in [6.07, 6.45) is 0.608. The number of para-hydroxylation sites is 2. The number of phenols is 1. The highest BCUT2D eigenvalue weighted by atomic mass is 16.5. The smallest absolute Gasteiger partial charge is 0.322 e. The van der Waals surface area contributed by atoms with E-state index in [9.17, 15) is 9.90 Å². The lowest BCUT2D eigenvalue weighted by molar-refractivity contribution is -0.142. The number of ether oxygens (including phenoxy) is 1. The number of hydrogen-bond acceptors (Lipinski definition) is 7. The predicted molar refractivity (Wildman–Crippen MR) is 102 cm³/mol. The topological polar surface area (TPSA) is 96.4 Å². The van der Waals surface area contributed by atoms with Crippen molar-refractivity contribution in [3.8, 4) is 17.1 Å². The molecule has 4 rings (SSSR count). The van der Waals surface area contributed by atoms with Crippen LogP contribution in [0.2, 0.25) is 0 Å². The van der Waals surface area contributed by atoms with Crippen molar-refractivity contribution in [3.63, 3.8) is 0 Å². The molecule has 2 atom stereocenters. The van der Waals surface area contributed by atoms with Crippen LogP contribution in [0, 0.1) is 0 Å². The fraction of sp³-hybridized carbons (Fsp3) is 0.250. The van der Waals surface area contributed by atoms with Gasteiger partial charge >= 0.3 is 5.97 Å². The summed E-state index contributed by atoms with van der Waals surface area (Å²) in [5, 5.41) is 17.6. The van der Waals surface area contributed by atoms with Gasteiger partial charge in [-0.05, 0) is 30.7 Å². The normalized spacial score (nSPS) is 19.1. The maximum atomic E-state index is 11.7. The summed E-state index contributed by atoms with van der Waals surface area (Å²) in [4.78, 5) is 21.0. The average molecular weight is 364 g/mol. The Balaban J connectivity index is 1.70. The summed E-state index contributed by atoms with van der Waals surface area (Å²) in [5.74, 6) is 0.995. The van der Waals surface area contributed by atoms with E-state index in [0.29, 0.717) is 30.2 Å². The van der Waals surface area contributed by atoms with Gasteiger partial charge in [-0.3, -0.25) is 4.79 Å². The van der Waals surface area contributed by atoms with E-state index in [1.54, 1.807) is 18.2 Å². The van der Waals surface area contributed by atoms with Crippen LogP contribution in [0.4, 0.5) is 5.82 Å². The third kappa shape index (κ3) is 3.41. The number of hydrogen-bond donors (Lipinski definition) is 3. The lowest BCUT2D eigenvalue weighted by atomic mass is 10.1. The van der Waals surface area contributed by atoms with Crippen molar-refractivity contribution in [2.45, 2.75) is 18.5 Å². The van der Waals surface area contributed by atoms with Crippen LogP contribution in [0.3, 0.4) is 0 Å². The minimum Gasteiger partial charge on any atom is -0.507 e. The Morgan fingerprint density at radius 3 is 2.78 bits per heavy atom. The van der Waals surface area contributed by atoms with E-state index < -0.39 is 0 Å². The monoisotopic (exact) mass is 364 g/mol. The van der Waals surface area contributed by atoms with Crippen LogP contribution >= 0.6 is 0 Å². The van der Waals surface area contributed by atoms with E-state index in [-0.39, 0.29) is 23.8 Å². The van der Waals surface area contributed by atoms with Crippen molar-refractivity contribution in [2.24, 2.45) is 0 Å². The Morgan fingerprint density at radius 1 is 1.19 bits per heavy atom. The number of aromatic hydroxyl groups is 1. The van der Waals surface area contributed by atoms with E-state index in [0.717, 1.165) is 10.9 Å². The number of rotatable bonds is 4. The molecule has 0 saturated carbocycles. The summed E-state index contributed by atoms with van der Waals surface area (Å²) in [7, 11) is 1.39. The van der Waals surface area contributed by atoms with Gasteiger partial charge in [-0.25, -0.2) is 9.97 Å². The second kappa shape index (κ2) is 7.20. The van der Waals surface area contributed by atoms with Gasteiger partial charge in [-0.2, -0.15) is 0 Å². The van der Waals surface area contributed by atoms with E-state index in [1.807, 2.05) is 30.3 Å². The molecule has 0 aliphatic carbocycles. The highest BCUT2D eigenvalue weighted by Gasteiger charge is 2.30. The van der Waals surface area contributed by atoms with Crippen LogP contribution in [0.25, 0.3) is 22.3 Å². The number of carbonyl (C=O) groups is 1. The zero-order valence-corrected chi connectivity index (χ0v) is 14.8. The maximum Gasteiger partial charge on any atom is 0.322 e. The first kappa shape index (κ1) is 17.2. The Bertz CT molecular complexity index is 992. The molecule has 0 amide bonds. The van der Waals surface area contributed by atoms with Gasteiger partial charge in [0.25, 0.3) is 0 Å². The highest BCUT2D eigenvalue weighted by molar-refractivity contribution is 5.91. The second-order valence-electron chi connectivity index (χ2n) is 6.49. The molecule has 1 fully saturated rings. The second-order valence-corrected chi connectivity index (χ2v) is 6.49. The third-order valence-electron chi connectivity index (χ3n) is 4.71. The number of esters is 1. The van der Waals surface area contributed by atoms with Crippen molar-refractivity contribution in [3.05, 3.63) is 48.5 Å². The number of phenolic OH excluding ortho intramolecular Hbond substituents is 1. The van der Waals surface area contributed by atoms with Crippen LogP contribution in [-0.2, 0) is 9.53 Å². The van der Waals surface area contributed by atoms with Gasteiger partial charge < -0.3 is 20.5 Å². The summed E-state index contributed by atoms with van der Waals surface area (Å²) in [6.45, 7) is 0.629. The van der Waals surface area contributed by atoms with Gasteiger partial charge in [-0.1, -0.05) is 24.3 Å². The molecule has 7 heteroatoms. The largest absolute Gasteiger partial charge is 0.507 e. The molecule has 0 spiro atoms. The van der Waals surface area contributed by atoms with Gasteiger partial charge in [0.1, 0.15) is 17.6 Å². The molecular weight excluding hydrogens is 344 g/mol. The zero-order valence-electron chi connectivity index (χ0n) is 14.8. The molecule has 1 aromatic heterocycles. The lowest BCUT2D eigenvalue weighted by Crippen LogP contribution is -2.31. The number of methoxy groups -OCH3 is 1. The van der Waals surface area contributed by atoms with Crippen molar-refractivity contribution in [2.75, 3.05) is 19.0 Å². The average Bonchev–Trinajstić information content (AvgIpc) is 3.16. The van der Waals surface area contributed by atoms with Crippen LogP contribution in [0.5, 0.6) is 5.75 Å². The molecule has 1 unspecified atom stereocenters. The third-order valence-corrected chi connectivity index (χ3v) is 4.71. The molecule has 0 bridgehead atoms. The SMILES string of the molecule is COC(=O)C1C[C@H](Nc2nc(-c3ccccc3O)nc3ccccc23)CN1. The number of fused-ring (bicyclic) bond motifs is 1. The van der Waals surface area contributed by atoms with Gasteiger partial charge in [0, 0.05) is 18.0 Å². The van der Waals surface area contributed by atoms with Crippen molar-refractivity contribution < 1.29 is 14.6 Å². The summed E-state index contributed by atoms with van der Waals surface area (Å²) >= 11 is 0. The Kier molecular flexibility index (Phi) is 4.60. The quantitative estimate of drug-likeness (QED) is 0.611. The first-order valence-corrected chi connectivity index (χ1v) is 8.78. The molecule has 3 aromatic rings. The number of nitrogens with zero attached hydrogens (tertiary/aromatic N) is 2. The van der Waals surface area contributed by atoms with Gasteiger partial charge in [0.05, 0.1) is 18.2 Å². The van der Waals surface area contributed by atoms with Crippen LogP contribution in [-0.4, -0.2) is 46.8 Å². The summed E-state index contributed by atoms with van der Waals surface area (Å²) in [6, 6.07) is 14.4. The molecule has 27 heavy (non-hydrogen) atoms. The van der Waals surface area contributed by atoms with E-state index >= 15 is 0 Å². The Hall–Kier alpha value is -3.19. The molecule has 138 valence electrons. The molecule has 2 heterocycles. The van der Waals surface area contributed by atoms with Crippen molar-refractivity contribution in [1.82, 2.24) is 15.3 Å². The number of aromatic nitrogens is 2. The molecule has 1 aliphatic rings. The Labute approximate surface area is 156 Å². The molecule has 1 aliphatic heterocycles. The standard InChI is InChI=1S/C20H20N4O3/c1-27-20(26)16-10-12(11-21-16)22-18-13-6-2-4-8-15(13)23-19(24-18)14-7-3-5-9-17(14)25/h2-9,12,16,21,25H,10-11H2,1H3,(H,22,23,24)/t12-,16?/m0/s1. The Morgan fingerprint density at radius 2 is 1.96 bits per heavy atom. The highest BCUT2D eigenvalue weighted by Crippen LogP contribution is 2.30. The predicted octanol–water partition coefficient (Wildman–Crippen LogP) is 2.32. The fourth-order valence-electron chi connectivity index (χ4n) is 3.33. The van der Waals surface area contributed by atoms with Crippen LogP contribution in [0.15, 0.2) is 48.5 Å². The van der Waals surface area contributed by atoms with Crippen molar-refractivity contribution >= 4 is 22.7 Å². The first-order valence-electron chi connectivity index (χ1n) is 8.78. The number of nitrogens with one attached hydrogen (secondary N) is 2. The molecule has 0 radical (unpaired) electrons. The summed E-state index contributed by atoms with van der Waals surface area (Å²) in [5.41, 5.74) is 1.35. The van der Waals surface area contributed by atoms with E-state index in [2.05, 4.69) is 20.6 Å². The summed E-state index contributed by atoms with van der Waals surface area (Å²) < 4.78 is 4.81. The van der Waals surface area contributed by atoms with Crippen LogP contribution < -0.4 is 10.6 Å². The molecule has 3 N–H and O–H groups in total. The fourth-order valence-corrected chi connectivity index (χ4v) is 3.33. The minimum atomic E-state index is -0.321. The van der Waals surface area contributed by atoms with Gasteiger partial charge in [0.15, 0.2) is 5.82 Å². The molecule has 2 aromatic carbocycles. The number of benzene rings is 2. The maximum absolute atomic E-state index is 11.7. The zero-order chi connectivity index (χ0) is 18.8. The van der Waals surface area contributed by atoms with E-state index in [4.69, 9.17) is 4.74 Å². The minimum absolute atomic E-state index is 0.0321. The van der Waals surface area contributed by atoms with E-state index in [1.165, 1.54) is 7.11 Å². The molecule has 7 nitrogen and oxygen atoms in total. The molecule has 1 saturated heterocycles. The lowest BCUT2D eigenvalue weighted by Gasteiger charge is -2.16. The van der Waals surface area contributed by atoms with Crippen molar-refractivity contribution in [1.29, 1.82) is 0 Å². The van der Waals surface area contributed by atoms with Crippen LogP contribution in [0.1, 0.15) is 6.42 Å². The van der Waals surface area contributed by atoms with Gasteiger partial charge in [-0.15, -0.1) is 0 Å². The van der Waals surface area contributed by atoms with Gasteiger partial charge in [0.2, 0.25) is 0 Å². The number of carbonyl (C=O) groups excluding carboxylic acids is 1. The number of anilines is 1. The molecular formula is C20H20N4O3. The first-order chi connectivity index (χ1) is 13.2.